The van der Waals surface area contributed by atoms with Gasteiger partial charge in [0.1, 0.15) is 0 Å². The number of rotatable bonds is 1. The molecule has 2 rings (SSSR count). The summed E-state index contributed by atoms with van der Waals surface area (Å²) in [5.74, 6) is -1.28. The number of halogens is 1. The molecule has 1 aromatic heterocycles. The molecule has 0 saturated heterocycles. The second-order valence-electron chi connectivity index (χ2n) is 3.28. The molecule has 1 heterocycles. The van der Waals surface area contributed by atoms with Crippen LogP contribution < -0.4 is 5.73 Å². The predicted octanol–water partition coefficient (Wildman–Crippen LogP) is 1.78. The Kier molecular flexibility index (Phi) is 2.11. The van der Waals surface area contributed by atoms with Gasteiger partial charge in [-0.15, -0.1) is 0 Å². The van der Waals surface area contributed by atoms with Gasteiger partial charge in [-0.2, -0.15) is 4.39 Å². The van der Waals surface area contributed by atoms with E-state index in [0.29, 0.717) is 10.9 Å². The Balaban J connectivity index is 2.95. The smallest absolute Gasteiger partial charge is 0.249 e. The van der Waals surface area contributed by atoms with Crippen molar-refractivity contribution >= 4 is 16.8 Å². The minimum Gasteiger partial charge on any atom is -0.366 e. The van der Waals surface area contributed by atoms with E-state index >= 15 is 0 Å². The van der Waals surface area contributed by atoms with Crippen molar-refractivity contribution in [2.75, 3.05) is 0 Å². The molecule has 1 aromatic carbocycles. The molecule has 0 unspecified atom stereocenters. The zero-order valence-electron chi connectivity index (χ0n) is 8.12. The molecule has 0 aliphatic heterocycles. The van der Waals surface area contributed by atoms with Gasteiger partial charge >= 0.3 is 0 Å². The summed E-state index contributed by atoms with van der Waals surface area (Å²) in [5, 5.41) is 0.587. The number of primary amides is 1. The van der Waals surface area contributed by atoms with Crippen molar-refractivity contribution in [1.29, 1.82) is 0 Å². The van der Waals surface area contributed by atoms with Crippen LogP contribution in [-0.4, -0.2) is 10.9 Å². The van der Waals surface area contributed by atoms with E-state index in [0.717, 1.165) is 0 Å². The maximum Gasteiger partial charge on any atom is 0.249 e. The molecule has 76 valence electrons. The van der Waals surface area contributed by atoms with Crippen LogP contribution in [0.3, 0.4) is 0 Å². The van der Waals surface area contributed by atoms with E-state index in [-0.39, 0.29) is 11.1 Å². The van der Waals surface area contributed by atoms with Gasteiger partial charge in [-0.1, -0.05) is 18.2 Å². The zero-order chi connectivity index (χ0) is 11.0. The van der Waals surface area contributed by atoms with Crippen LogP contribution in [0.15, 0.2) is 24.3 Å². The monoisotopic (exact) mass is 204 g/mol. The third-order valence-electron chi connectivity index (χ3n) is 2.32. The molecular formula is C11H9FN2O. The molecule has 0 radical (unpaired) electrons. The maximum absolute atomic E-state index is 13.4. The number of hydrogen-bond donors (Lipinski definition) is 1. The van der Waals surface area contributed by atoms with Gasteiger partial charge in [-0.25, -0.2) is 4.98 Å². The van der Waals surface area contributed by atoms with Crippen LogP contribution in [0, 0.1) is 12.9 Å². The molecule has 4 heteroatoms. The van der Waals surface area contributed by atoms with Gasteiger partial charge in [0.15, 0.2) is 0 Å². The standard InChI is InChI=1S/C11H9FN2O/c1-6-9(11(13)15)7-4-2-3-5-8(7)14-10(6)12/h2-5H,1H3,(H2,13,15). The molecule has 0 aliphatic rings. The average Bonchev–Trinajstić information content (AvgIpc) is 2.19. The third kappa shape index (κ3) is 1.44. The van der Waals surface area contributed by atoms with Crippen LogP contribution in [-0.2, 0) is 0 Å². The Morgan fingerprint density at radius 2 is 2.07 bits per heavy atom. The Morgan fingerprint density at radius 3 is 2.73 bits per heavy atom. The van der Waals surface area contributed by atoms with Crippen molar-refractivity contribution in [2.24, 2.45) is 5.73 Å². The van der Waals surface area contributed by atoms with E-state index in [1.54, 1.807) is 24.3 Å². The Morgan fingerprint density at radius 1 is 1.40 bits per heavy atom. The lowest BCUT2D eigenvalue weighted by Crippen LogP contribution is -2.15. The molecule has 15 heavy (non-hydrogen) atoms. The fourth-order valence-corrected chi connectivity index (χ4v) is 1.59. The van der Waals surface area contributed by atoms with Crippen LogP contribution in [0.4, 0.5) is 4.39 Å². The number of aromatic nitrogens is 1. The molecule has 0 aliphatic carbocycles. The normalized spacial score (nSPS) is 10.5. The fourth-order valence-electron chi connectivity index (χ4n) is 1.59. The van der Waals surface area contributed by atoms with Crippen LogP contribution in [0.5, 0.6) is 0 Å². The molecule has 3 nitrogen and oxygen atoms in total. The summed E-state index contributed by atoms with van der Waals surface area (Å²) in [6, 6.07) is 6.84. The van der Waals surface area contributed by atoms with Crippen LogP contribution >= 0.6 is 0 Å². The number of hydrogen-bond acceptors (Lipinski definition) is 2. The van der Waals surface area contributed by atoms with Crippen molar-refractivity contribution in [3.05, 3.63) is 41.3 Å². The maximum atomic E-state index is 13.4. The first kappa shape index (κ1) is 9.58. The van der Waals surface area contributed by atoms with Crippen LogP contribution in [0.25, 0.3) is 10.9 Å². The predicted molar refractivity (Wildman–Crippen MR) is 55.0 cm³/mol. The van der Waals surface area contributed by atoms with Gasteiger partial charge in [0.05, 0.1) is 11.1 Å². The van der Waals surface area contributed by atoms with Gasteiger partial charge in [-0.05, 0) is 13.0 Å². The van der Waals surface area contributed by atoms with Gasteiger partial charge in [0.25, 0.3) is 0 Å². The Labute approximate surface area is 85.7 Å². The van der Waals surface area contributed by atoms with Crippen LogP contribution in [0.2, 0.25) is 0 Å². The quantitative estimate of drug-likeness (QED) is 0.720. The lowest BCUT2D eigenvalue weighted by molar-refractivity contribution is 0.100. The molecule has 2 N–H and O–H groups in total. The topological polar surface area (TPSA) is 56.0 Å². The van der Waals surface area contributed by atoms with Gasteiger partial charge < -0.3 is 5.73 Å². The molecule has 0 bridgehead atoms. The summed E-state index contributed by atoms with van der Waals surface area (Å²) in [6.45, 7) is 1.49. The first-order chi connectivity index (χ1) is 7.11. The lowest BCUT2D eigenvalue weighted by Gasteiger charge is -2.06. The number of carbonyl (C=O) groups excluding carboxylic acids is 1. The Hall–Kier alpha value is -1.97. The molecule has 2 aromatic rings. The number of nitrogens with zero attached hydrogens (tertiary/aromatic N) is 1. The minimum absolute atomic E-state index is 0.196. The second kappa shape index (κ2) is 3.31. The van der Waals surface area contributed by atoms with Gasteiger partial charge in [-0.3, -0.25) is 4.79 Å². The second-order valence-corrected chi connectivity index (χ2v) is 3.28. The number of nitrogens with two attached hydrogens (primary N) is 1. The number of amides is 1. The first-order valence-electron chi connectivity index (χ1n) is 4.46. The van der Waals surface area contributed by atoms with E-state index in [2.05, 4.69) is 4.98 Å². The van der Waals surface area contributed by atoms with Crippen molar-refractivity contribution in [1.82, 2.24) is 4.98 Å². The number of benzene rings is 1. The number of para-hydroxylation sites is 1. The SMILES string of the molecule is Cc1c(F)nc2ccccc2c1C(N)=O. The highest BCUT2D eigenvalue weighted by molar-refractivity contribution is 6.06. The number of pyridine rings is 1. The van der Waals surface area contributed by atoms with Gasteiger partial charge in [0.2, 0.25) is 11.9 Å². The average molecular weight is 204 g/mol. The Bertz CT molecular complexity index is 552. The molecular weight excluding hydrogens is 195 g/mol. The van der Waals surface area contributed by atoms with E-state index in [9.17, 15) is 9.18 Å². The van der Waals surface area contributed by atoms with Crippen LogP contribution in [0.1, 0.15) is 15.9 Å². The van der Waals surface area contributed by atoms with E-state index < -0.39 is 11.9 Å². The molecule has 0 saturated carbocycles. The fraction of sp³-hybridized carbons (Fsp3) is 0.0909. The highest BCUT2D eigenvalue weighted by Gasteiger charge is 2.14. The van der Waals surface area contributed by atoms with Crippen molar-refractivity contribution in [2.45, 2.75) is 6.92 Å². The summed E-state index contributed by atoms with van der Waals surface area (Å²) in [6.07, 6.45) is 0. The largest absolute Gasteiger partial charge is 0.366 e. The highest BCUT2D eigenvalue weighted by Crippen LogP contribution is 2.21. The summed E-state index contributed by atoms with van der Waals surface area (Å²) < 4.78 is 13.4. The summed E-state index contributed by atoms with van der Waals surface area (Å²) in [5.41, 5.74) is 6.06. The third-order valence-corrected chi connectivity index (χ3v) is 2.32. The number of fused-ring (bicyclic) bond motifs is 1. The lowest BCUT2D eigenvalue weighted by atomic mass is 10.0. The summed E-state index contributed by atoms with van der Waals surface area (Å²) in [4.78, 5) is 15.0. The van der Waals surface area contributed by atoms with Gasteiger partial charge in [0, 0.05) is 10.9 Å². The molecule has 0 fully saturated rings. The number of carbonyl (C=O) groups is 1. The molecule has 0 atom stereocenters. The van der Waals surface area contributed by atoms with E-state index in [4.69, 9.17) is 5.73 Å². The molecule has 0 spiro atoms. The summed E-state index contributed by atoms with van der Waals surface area (Å²) in [7, 11) is 0. The van der Waals surface area contributed by atoms with E-state index in [1.165, 1.54) is 6.92 Å². The summed E-state index contributed by atoms with van der Waals surface area (Å²) >= 11 is 0. The minimum atomic E-state index is -0.650. The van der Waals surface area contributed by atoms with Crippen molar-refractivity contribution in [3.8, 4) is 0 Å². The van der Waals surface area contributed by atoms with E-state index in [1.807, 2.05) is 0 Å². The van der Waals surface area contributed by atoms with Crippen molar-refractivity contribution in [3.63, 3.8) is 0 Å². The molecule has 1 amide bonds. The van der Waals surface area contributed by atoms with Crippen molar-refractivity contribution < 1.29 is 9.18 Å². The zero-order valence-corrected chi connectivity index (χ0v) is 8.12. The first-order valence-corrected chi connectivity index (χ1v) is 4.46. The highest BCUT2D eigenvalue weighted by atomic mass is 19.1.